The highest BCUT2D eigenvalue weighted by Gasteiger charge is 2.36. The van der Waals surface area contributed by atoms with Crippen LogP contribution in [-0.4, -0.2) is 34.8 Å². The van der Waals surface area contributed by atoms with Gasteiger partial charge in [0.15, 0.2) is 0 Å². The summed E-state index contributed by atoms with van der Waals surface area (Å²) in [6, 6.07) is 11.3. The molecule has 0 bridgehead atoms. The van der Waals surface area contributed by atoms with Gasteiger partial charge in [-0.25, -0.2) is 4.39 Å². The van der Waals surface area contributed by atoms with Crippen molar-refractivity contribution < 1.29 is 18.8 Å². The van der Waals surface area contributed by atoms with Gasteiger partial charge >= 0.3 is 0 Å². The Labute approximate surface area is 174 Å². The molecule has 3 amide bonds. The highest BCUT2D eigenvalue weighted by Crippen LogP contribution is 2.34. The summed E-state index contributed by atoms with van der Waals surface area (Å²) in [5.41, 5.74) is 0.588. The van der Waals surface area contributed by atoms with Crippen LogP contribution in [0.1, 0.15) is 5.56 Å². The Morgan fingerprint density at radius 2 is 2.04 bits per heavy atom. The zero-order valence-corrected chi connectivity index (χ0v) is 17.0. The Bertz CT molecular complexity index is 977. The van der Waals surface area contributed by atoms with Crippen molar-refractivity contribution in [2.75, 3.05) is 18.1 Å². The lowest BCUT2D eigenvalue weighted by Gasteiger charge is -2.12. The van der Waals surface area contributed by atoms with E-state index in [1.807, 2.05) is 12.3 Å². The number of benzene rings is 2. The van der Waals surface area contributed by atoms with Crippen molar-refractivity contribution in [1.29, 1.82) is 0 Å². The van der Waals surface area contributed by atoms with E-state index in [4.69, 9.17) is 11.6 Å². The van der Waals surface area contributed by atoms with Crippen molar-refractivity contribution in [1.82, 2.24) is 4.90 Å². The normalized spacial score (nSPS) is 15.4. The van der Waals surface area contributed by atoms with Crippen molar-refractivity contribution in [3.05, 3.63) is 63.8 Å². The monoisotopic (exact) mass is 436 g/mol. The first-order valence-electron chi connectivity index (χ1n) is 8.02. The van der Waals surface area contributed by atoms with Gasteiger partial charge in [-0.2, -0.15) is 0 Å². The number of amides is 3. The molecule has 28 heavy (non-hydrogen) atoms. The number of anilines is 1. The Balaban J connectivity index is 1.73. The zero-order chi connectivity index (χ0) is 20.3. The lowest BCUT2D eigenvalue weighted by Crippen LogP contribution is -2.36. The Morgan fingerprint density at radius 3 is 2.75 bits per heavy atom. The predicted molar refractivity (Wildman–Crippen MR) is 111 cm³/mol. The second kappa shape index (κ2) is 8.81. The Kier molecular flexibility index (Phi) is 6.43. The van der Waals surface area contributed by atoms with Gasteiger partial charge in [0.25, 0.3) is 11.1 Å². The summed E-state index contributed by atoms with van der Waals surface area (Å²) in [7, 11) is 0. The molecule has 0 saturated carbocycles. The number of carbonyl (C=O) groups excluding carboxylic acids is 3. The fraction of sp³-hybridized carbons (Fsp3) is 0.105. The van der Waals surface area contributed by atoms with Crippen molar-refractivity contribution >= 4 is 63.9 Å². The number of nitrogens with one attached hydrogen (secondary N) is 1. The second-order valence-electron chi connectivity index (χ2n) is 5.68. The van der Waals surface area contributed by atoms with Gasteiger partial charge in [0, 0.05) is 16.1 Å². The molecular formula is C19H14ClFN2O3S2. The van der Waals surface area contributed by atoms with Crippen molar-refractivity contribution in [2.45, 2.75) is 4.90 Å². The first kappa shape index (κ1) is 20.4. The maximum Gasteiger partial charge on any atom is 0.294 e. The standard InChI is InChI=1S/C19H14ClFN2O3S2/c1-27-12-5-2-4-11(8-12)22-17(24)10-23-18(25)16(28-19(23)26)9-13-14(20)6-3-7-15(13)21/h2-9H,10H2,1H3,(H,22,24)/b16-9-. The first-order chi connectivity index (χ1) is 13.4. The molecule has 5 nitrogen and oxygen atoms in total. The predicted octanol–water partition coefficient (Wildman–Crippen LogP) is 4.88. The van der Waals surface area contributed by atoms with Crippen LogP contribution < -0.4 is 5.32 Å². The highest BCUT2D eigenvalue weighted by atomic mass is 35.5. The van der Waals surface area contributed by atoms with Crippen LogP contribution in [0.5, 0.6) is 0 Å². The third-order valence-electron chi connectivity index (χ3n) is 3.80. The number of halogens is 2. The maximum atomic E-state index is 13.9. The van der Waals surface area contributed by atoms with Gasteiger partial charge < -0.3 is 5.32 Å². The molecule has 0 radical (unpaired) electrons. The SMILES string of the molecule is CSc1cccc(NC(=O)CN2C(=O)S/C(=C\c3c(F)cccc3Cl)C2=O)c1. The molecular weight excluding hydrogens is 423 g/mol. The van der Waals surface area contributed by atoms with Gasteiger partial charge in [-0.3, -0.25) is 19.3 Å². The molecule has 2 aromatic rings. The third-order valence-corrected chi connectivity index (χ3v) is 5.77. The van der Waals surface area contributed by atoms with E-state index in [1.54, 1.807) is 18.2 Å². The first-order valence-corrected chi connectivity index (χ1v) is 10.4. The number of thioether (sulfide) groups is 2. The molecule has 0 unspecified atom stereocenters. The lowest BCUT2D eigenvalue weighted by molar-refractivity contribution is -0.127. The summed E-state index contributed by atoms with van der Waals surface area (Å²) in [5, 5.41) is 2.18. The largest absolute Gasteiger partial charge is 0.324 e. The van der Waals surface area contributed by atoms with Gasteiger partial charge in [-0.05, 0) is 54.4 Å². The Hall–Kier alpha value is -2.29. The minimum absolute atomic E-state index is 0.00850. The fourth-order valence-corrected chi connectivity index (χ4v) is 3.96. The second-order valence-corrected chi connectivity index (χ2v) is 7.96. The minimum atomic E-state index is -0.665. The van der Waals surface area contributed by atoms with Gasteiger partial charge in [-0.1, -0.05) is 23.7 Å². The van der Waals surface area contributed by atoms with Gasteiger partial charge in [-0.15, -0.1) is 11.8 Å². The van der Waals surface area contributed by atoms with Crippen molar-refractivity contribution in [2.24, 2.45) is 0 Å². The van der Waals surface area contributed by atoms with E-state index in [0.717, 1.165) is 9.80 Å². The van der Waals surface area contributed by atoms with E-state index in [-0.39, 0.29) is 15.5 Å². The van der Waals surface area contributed by atoms with Crippen LogP contribution in [0.15, 0.2) is 52.3 Å². The summed E-state index contributed by atoms with van der Waals surface area (Å²) in [5.74, 6) is -1.78. The number of nitrogens with zero attached hydrogens (tertiary/aromatic N) is 1. The van der Waals surface area contributed by atoms with E-state index < -0.39 is 29.4 Å². The summed E-state index contributed by atoms with van der Waals surface area (Å²) in [6.45, 7) is -0.434. The molecule has 9 heteroatoms. The van der Waals surface area contributed by atoms with Crippen molar-refractivity contribution in [3.63, 3.8) is 0 Å². The number of hydrogen-bond donors (Lipinski definition) is 1. The molecule has 144 valence electrons. The molecule has 0 aromatic heterocycles. The van der Waals surface area contributed by atoms with Crippen LogP contribution in [0.3, 0.4) is 0 Å². The molecule has 0 aliphatic carbocycles. The maximum absolute atomic E-state index is 13.9. The van der Waals surface area contributed by atoms with E-state index in [2.05, 4.69) is 5.32 Å². The summed E-state index contributed by atoms with van der Waals surface area (Å²) >= 11 is 8.12. The Morgan fingerprint density at radius 1 is 1.29 bits per heavy atom. The van der Waals surface area contributed by atoms with Gasteiger partial charge in [0.2, 0.25) is 5.91 Å². The highest BCUT2D eigenvalue weighted by molar-refractivity contribution is 8.18. The van der Waals surface area contributed by atoms with Crippen LogP contribution in [0.2, 0.25) is 5.02 Å². The molecule has 1 saturated heterocycles. The lowest BCUT2D eigenvalue weighted by atomic mass is 10.2. The minimum Gasteiger partial charge on any atom is -0.324 e. The number of carbonyl (C=O) groups is 3. The van der Waals surface area contributed by atoms with E-state index >= 15 is 0 Å². The molecule has 3 rings (SSSR count). The average molecular weight is 437 g/mol. The van der Waals surface area contributed by atoms with Crippen molar-refractivity contribution in [3.8, 4) is 0 Å². The van der Waals surface area contributed by atoms with E-state index in [9.17, 15) is 18.8 Å². The molecule has 1 aliphatic rings. The third kappa shape index (κ3) is 4.57. The summed E-state index contributed by atoms with van der Waals surface area (Å²) < 4.78 is 13.9. The number of hydrogen-bond acceptors (Lipinski definition) is 5. The zero-order valence-electron chi connectivity index (χ0n) is 14.6. The smallest absolute Gasteiger partial charge is 0.294 e. The molecule has 0 spiro atoms. The quantitative estimate of drug-likeness (QED) is 0.534. The molecule has 0 atom stereocenters. The fourth-order valence-electron chi connectivity index (χ4n) is 2.46. The van der Waals surface area contributed by atoms with Crippen LogP contribution >= 0.6 is 35.1 Å². The molecule has 2 aromatic carbocycles. The molecule has 1 fully saturated rings. The van der Waals surface area contributed by atoms with Crippen LogP contribution in [0.4, 0.5) is 14.9 Å². The topological polar surface area (TPSA) is 66.5 Å². The van der Waals surface area contributed by atoms with Crippen LogP contribution in [0.25, 0.3) is 6.08 Å². The van der Waals surface area contributed by atoms with E-state index in [1.165, 1.54) is 36.0 Å². The number of imide groups is 1. The number of rotatable bonds is 5. The van der Waals surface area contributed by atoms with Crippen LogP contribution in [-0.2, 0) is 9.59 Å². The van der Waals surface area contributed by atoms with E-state index in [0.29, 0.717) is 17.4 Å². The van der Waals surface area contributed by atoms with Gasteiger partial charge in [0.1, 0.15) is 12.4 Å². The van der Waals surface area contributed by atoms with Crippen LogP contribution in [0, 0.1) is 5.82 Å². The molecule has 1 heterocycles. The molecule has 1 aliphatic heterocycles. The average Bonchev–Trinajstić information content (AvgIpc) is 2.92. The summed E-state index contributed by atoms with van der Waals surface area (Å²) in [4.78, 5) is 38.7. The van der Waals surface area contributed by atoms with Gasteiger partial charge in [0.05, 0.1) is 9.93 Å². The molecule has 1 N–H and O–H groups in total. The summed E-state index contributed by atoms with van der Waals surface area (Å²) in [6.07, 6.45) is 3.14.